The van der Waals surface area contributed by atoms with Crippen molar-refractivity contribution in [1.29, 1.82) is 0 Å². The van der Waals surface area contributed by atoms with Crippen molar-refractivity contribution >= 4 is 40.6 Å². The molecule has 0 fully saturated rings. The van der Waals surface area contributed by atoms with E-state index in [0.29, 0.717) is 27.5 Å². The van der Waals surface area contributed by atoms with Crippen LogP contribution in [0.2, 0.25) is 10.0 Å². The van der Waals surface area contributed by atoms with Gasteiger partial charge in [0.15, 0.2) is 0 Å². The van der Waals surface area contributed by atoms with E-state index in [2.05, 4.69) is 34.4 Å². The van der Waals surface area contributed by atoms with Crippen LogP contribution >= 0.6 is 23.2 Å². The third kappa shape index (κ3) is 4.58. The molecule has 0 unspecified atom stereocenters. The molecule has 1 aromatic carbocycles. The average Bonchev–Trinajstić information content (AvgIpc) is 2.49. The van der Waals surface area contributed by atoms with Gasteiger partial charge in [-0.05, 0) is 24.1 Å². The second kappa shape index (κ2) is 7.42. The lowest BCUT2D eigenvalue weighted by molar-refractivity contribution is 0.102. The maximum atomic E-state index is 12.1. The summed E-state index contributed by atoms with van der Waals surface area (Å²) < 4.78 is 0. The molecule has 0 aliphatic rings. The predicted octanol–water partition coefficient (Wildman–Crippen LogP) is 4.10. The monoisotopic (exact) mass is 338 g/mol. The summed E-state index contributed by atoms with van der Waals surface area (Å²) in [6, 6.07) is 4.86. The number of hydrogen-bond acceptors (Lipinski definition) is 4. The Kier molecular flexibility index (Phi) is 5.57. The van der Waals surface area contributed by atoms with Crippen molar-refractivity contribution < 1.29 is 4.79 Å². The van der Waals surface area contributed by atoms with E-state index < -0.39 is 0 Å². The molecule has 0 atom stereocenters. The van der Waals surface area contributed by atoms with Crippen LogP contribution in [0.15, 0.2) is 30.6 Å². The van der Waals surface area contributed by atoms with Gasteiger partial charge in [0, 0.05) is 12.2 Å². The van der Waals surface area contributed by atoms with E-state index in [4.69, 9.17) is 23.2 Å². The van der Waals surface area contributed by atoms with Crippen molar-refractivity contribution in [1.82, 2.24) is 9.97 Å². The number of benzene rings is 1. The maximum absolute atomic E-state index is 12.1. The lowest BCUT2D eigenvalue weighted by Gasteiger charge is -2.08. The Labute approximate surface area is 139 Å². The summed E-state index contributed by atoms with van der Waals surface area (Å²) in [5.74, 6) is 0.778. The first-order valence-electron chi connectivity index (χ1n) is 6.78. The largest absolute Gasteiger partial charge is 0.369 e. The summed E-state index contributed by atoms with van der Waals surface area (Å²) in [4.78, 5) is 20.3. The Morgan fingerprint density at radius 1 is 1.18 bits per heavy atom. The second-order valence-corrected chi connectivity index (χ2v) is 5.96. The number of halogens is 2. The van der Waals surface area contributed by atoms with Gasteiger partial charge in [-0.3, -0.25) is 4.79 Å². The van der Waals surface area contributed by atoms with Gasteiger partial charge in [0.2, 0.25) is 0 Å². The van der Waals surface area contributed by atoms with Crippen molar-refractivity contribution in [3.63, 3.8) is 0 Å². The van der Waals surface area contributed by atoms with Crippen molar-refractivity contribution in [2.45, 2.75) is 13.8 Å². The molecule has 116 valence electrons. The summed E-state index contributed by atoms with van der Waals surface area (Å²) in [5.41, 5.74) is 0.768. The molecular weight excluding hydrogens is 323 g/mol. The molecule has 0 saturated heterocycles. The molecule has 0 aliphatic carbocycles. The first kappa shape index (κ1) is 16.5. The smallest absolute Gasteiger partial charge is 0.275 e. The van der Waals surface area contributed by atoms with E-state index in [0.717, 1.165) is 6.54 Å². The lowest BCUT2D eigenvalue weighted by Crippen LogP contribution is -2.15. The quantitative estimate of drug-likeness (QED) is 0.860. The molecule has 0 spiro atoms. The lowest BCUT2D eigenvalue weighted by atomic mass is 10.2. The van der Waals surface area contributed by atoms with Gasteiger partial charge < -0.3 is 10.6 Å². The van der Waals surface area contributed by atoms with Crippen LogP contribution < -0.4 is 10.6 Å². The number of nitrogens with one attached hydrogen (secondary N) is 2. The molecule has 2 rings (SSSR count). The van der Waals surface area contributed by atoms with E-state index in [-0.39, 0.29) is 11.6 Å². The number of nitrogens with zero attached hydrogens (tertiary/aromatic N) is 2. The van der Waals surface area contributed by atoms with Gasteiger partial charge in [0.1, 0.15) is 11.5 Å². The van der Waals surface area contributed by atoms with Crippen LogP contribution in [0.3, 0.4) is 0 Å². The Hall–Kier alpha value is -1.85. The number of aromatic nitrogens is 2. The fourth-order valence-corrected chi connectivity index (χ4v) is 1.91. The molecule has 1 amide bonds. The summed E-state index contributed by atoms with van der Waals surface area (Å²) in [6.07, 6.45) is 2.96. The van der Waals surface area contributed by atoms with Gasteiger partial charge in [-0.1, -0.05) is 37.0 Å². The highest BCUT2D eigenvalue weighted by Crippen LogP contribution is 2.25. The zero-order chi connectivity index (χ0) is 16.1. The molecule has 22 heavy (non-hydrogen) atoms. The molecule has 5 nitrogen and oxygen atoms in total. The Morgan fingerprint density at radius 2 is 1.95 bits per heavy atom. The summed E-state index contributed by atoms with van der Waals surface area (Å²) in [7, 11) is 0. The minimum atomic E-state index is -0.360. The van der Waals surface area contributed by atoms with Crippen LogP contribution in [-0.4, -0.2) is 22.4 Å². The zero-order valence-electron chi connectivity index (χ0n) is 12.2. The fraction of sp³-hybridized carbons (Fsp3) is 0.267. The van der Waals surface area contributed by atoms with Crippen LogP contribution in [-0.2, 0) is 0 Å². The van der Waals surface area contributed by atoms with E-state index in [1.807, 2.05) is 0 Å². The van der Waals surface area contributed by atoms with Gasteiger partial charge in [-0.15, -0.1) is 0 Å². The summed E-state index contributed by atoms with van der Waals surface area (Å²) in [5, 5.41) is 6.63. The molecular formula is C15H16Cl2N4O. The van der Waals surface area contributed by atoms with Gasteiger partial charge in [-0.25, -0.2) is 9.97 Å². The number of amides is 1. The van der Waals surface area contributed by atoms with Crippen molar-refractivity contribution in [3.05, 3.63) is 46.3 Å². The van der Waals surface area contributed by atoms with Crippen LogP contribution in [0.1, 0.15) is 24.3 Å². The van der Waals surface area contributed by atoms with E-state index in [1.54, 1.807) is 18.2 Å². The SMILES string of the molecule is CC(C)CNc1cnc(C(=O)Nc2ccc(Cl)c(Cl)c2)cn1. The van der Waals surface area contributed by atoms with Gasteiger partial charge in [0.25, 0.3) is 5.91 Å². The first-order valence-corrected chi connectivity index (χ1v) is 7.53. The standard InChI is InChI=1S/C15H16Cl2N4O/c1-9(2)6-19-14-8-18-13(7-20-14)15(22)21-10-3-4-11(16)12(17)5-10/h3-5,7-9H,6H2,1-2H3,(H,19,20)(H,21,22). The maximum Gasteiger partial charge on any atom is 0.275 e. The number of hydrogen-bond donors (Lipinski definition) is 2. The third-order valence-electron chi connectivity index (χ3n) is 2.75. The van der Waals surface area contributed by atoms with Crippen molar-refractivity contribution in [3.8, 4) is 0 Å². The predicted molar refractivity (Wildman–Crippen MR) is 89.8 cm³/mol. The summed E-state index contributed by atoms with van der Waals surface area (Å²) in [6.45, 7) is 4.99. The van der Waals surface area contributed by atoms with Crippen LogP contribution in [0.25, 0.3) is 0 Å². The number of carbonyl (C=O) groups excluding carboxylic acids is 1. The molecule has 0 bridgehead atoms. The molecule has 1 heterocycles. The molecule has 2 aromatic rings. The van der Waals surface area contributed by atoms with Crippen LogP contribution in [0.5, 0.6) is 0 Å². The van der Waals surface area contributed by atoms with Gasteiger partial charge in [0.05, 0.1) is 22.4 Å². The Balaban J connectivity index is 2.01. The summed E-state index contributed by atoms with van der Waals surface area (Å²) >= 11 is 11.7. The second-order valence-electron chi connectivity index (χ2n) is 5.14. The van der Waals surface area contributed by atoms with Gasteiger partial charge in [-0.2, -0.15) is 0 Å². The number of rotatable bonds is 5. The highest BCUT2D eigenvalue weighted by molar-refractivity contribution is 6.42. The van der Waals surface area contributed by atoms with E-state index >= 15 is 0 Å². The highest BCUT2D eigenvalue weighted by atomic mass is 35.5. The first-order chi connectivity index (χ1) is 10.5. The number of carbonyl (C=O) groups is 1. The van der Waals surface area contributed by atoms with Crippen molar-refractivity contribution in [2.24, 2.45) is 5.92 Å². The minimum Gasteiger partial charge on any atom is -0.369 e. The van der Waals surface area contributed by atoms with E-state index in [1.165, 1.54) is 12.4 Å². The molecule has 7 heteroatoms. The third-order valence-corrected chi connectivity index (χ3v) is 3.49. The van der Waals surface area contributed by atoms with Crippen LogP contribution in [0, 0.1) is 5.92 Å². The molecule has 1 aromatic heterocycles. The van der Waals surface area contributed by atoms with Crippen molar-refractivity contribution in [2.75, 3.05) is 17.2 Å². The molecule has 2 N–H and O–H groups in total. The number of anilines is 2. The van der Waals surface area contributed by atoms with Crippen LogP contribution in [0.4, 0.5) is 11.5 Å². The average molecular weight is 339 g/mol. The zero-order valence-corrected chi connectivity index (χ0v) is 13.7. The topological polar surface area (TPSA) is 66.9 Å². The molecule has 0 aliphatic heterocycles. The fourth-order valence-electron chi connectivity index (χ4n) is 1.61. The highest BCUT2D eigenvalue weighted by Gasteiger charge is 2.09. The Bertz CT molecular complexity index is 659. The van der Waals surface area contributed by atoms with Gasteiger partial charge >= 0.3 is 0 Å². The molecule has 0 radical (unpaired) electrons. The minimum absolute atomic E-state index is 0.223. The molecule has 0 saturated carbocycles. The Morgan fingerprint density at radius 3 is 2.55 bits per heavy atom. The van der Waals surface area contributed by atoms with E-state index in [9.17, 15) is 4.79 Å². The normalized spacial score (nSPS) is 10.6.